The van der Waals surface area contributed by atoms with Crippen molar-refractivity contribution in [2.24, 2.45) is 23.7 Å². The number of carbonyl (C=O) groups excluding carboxylic acids is 4. The number of benzene rings is 1. The largest absolute Gasteiger partial charge is 0.492 e. The molecular weight excluding hydrogens is 926 g/mol. The number of halogens is 1. The number of piperazine rings is 1. The minimum absolute atomic E-state index is 0.0535. The van der Waals surface area contributed by atoms with E-state index in [1.807, 2.05) is 30.8 Å². The van der Waals surface area contributed by atoms with Crippen LogP contribution < -0.4 is 15.1 Å². The summed E-state index contributed by atoms with van der Waals surface area (Å²) in [7, 11) is 6.57. The highest BCUT2D eigenvalue weighted by atomic mass is 19.1. The van der Waals surface area contributed by atoms with E-state index in [1.165, 1.54) is 32.2 Å². The Morgan fingerprint density at radius 2 is 1.62 bits per heavy atom. The molecule has 5 heterocycles. The van der Waals surface area contributed by atoms with Crippen molar-refractivity contribution in [3.05, 3.63) is 33.9 Å². The molecule has 71 heavy (non-hydrogen) atoms. The molecule has 19 nitrogen and oxygen atoms in total. The maximum absolute atomic E-state index is 16.2. The number of pyridine rings is 1. The number of carboxylic acids is 1. The van der Waals surface area contributed by atoms with Gasteiger partial charge in [-0.25, -0.2) is 14.0 Å². The molecule has 1 aromatic carbocycles. The molecule has 0 bridgehead atoms. The lowest BCUT2D eigenvalue weighted by Gasteiger charge is -2.47. The standard InChI is InChI=1S/C51H74FN5O14/c1-13-36-51(8)44(28(4)39(58)26(2)24-50(7,67-12)45(29(5)40(59)30(6)47(64)69-36)70-48-42(61)35(53(9)10)22-27(3)68-48)56(49(65)71-51)21-18-54-16-19-55(20-17-54)38-34(52)23-32-37(43(38)66-11)57(31-14-15-31)25-33(41(32)60)46(62)63/h23,25-31,35-36,42,44-45,48,61H,13-22,24H2,1-12H3,(H,62,63)/t26-,27-,28+,29+,30-,35+,36-,42-,44-,45-,48+,50-,51-/m1/s1. The third kappa shape index (κ3) is 10.2. The molecule has 0 radical (unpaired) electrons. The fraction of sp³-hybridized carbons (Fsp3) is 0.725. The van der Waals surface area contributed by atoms with E-state index in [9.17, 15) is 39.0 Å². The Balaban J connectivity index is 1.14. The fourth-order valence-electron chi connectivity index (χ4n) is 11.9. The summed E-state index contributed by atoms with van der Waals surface area (Å²) in [6, 6.07) is -0.200. The minimum atomic E-state index is -1.52. The summed E-state index contributed by atoms with van der Waals surface area (Å²) in [5.74, 6) is -7.41. The van der Waals surface area contributed by atoms with Gasteiger partial charge in [0.1, 0.15) is 35.2 Å². The zero-order valence-corrected chi connectivity index (χ0v) is 43.3. The summed E-state index contributed by atoms with van der Waals surface area (Å²) in [6.07, 6.45) is -1.76. The van der Waals surface area contributed by atoms with Gasteiger partial charge in [-0.05, 0) is 80.0 Å². The number of aromatic nitrogens is 1. The molecule has 1 amide bonds. The summed E-state index contributed by atoms with van der Waals surface area (Å²) < 4.78 is 55.1. The normalized spacial score (nSPS) is 34.8. The van der Waals surface area contributed by atoms with Crippen molar-refractivity contribution < 1.29 is 67.0 Å². The summed E-state index contributed by atoms with van der Waals surface area (Å²) in [5, 5.41) is 21.2. The number of anilines is 1. The molecule has 2 N–H and O–H groups in total. The van der Waals surface area contributed by atoms with Crippen molar-refractivity contribution in [2.45, 2.75) is 148 Å². The van der Waals surface area contributed by atoms with Gasteiger partial charge in [0.25, 0.3) is 0 Å². The summed E-state index contributed by atoms with van der Waals surface area (Å²) >= 11 is 0. The van der Waals surface area contributed by atoms with Crippen LogP contribution in [0.25, 0.3) is 10.9 Å². The van der Waals surface area contributed by atoms with Gasteiger partial charge in [-0.1, -0.05) is 27.7 Å². The summed E-state index contributed by atoms with van der Waals surface area (Å²) in [5.41, 5.74) is -3.58. The van der Waals surface area contributed by atoms with Crippen LogP contribution in [-0.4, -0.2) is 181 Å². The second-order valence-electron chi connectivity index (χ2n) is 21.2. The number of ether oxygens (including phenoxy) is 6. The highest BCUT2D eigenvalue weighted by molar-refractivity contribution is 6.00. The molecule has 13 atom stereocenters. The molecule has 4 aliphatic heterocycles. The van der Waals surface area contributed by atoms with Crippen LogP contribution in [0.5, 0.6) is 5.75 Å². The fourth-order valence-corrected chi connectivity index (χ4v) is 11.9. The quantitative estimate of drug-likeness (QED) is 0.221. The van der Waals surface area contributed by atoms with E-state index < -0.39 is 106 Å². The van der Waals surface area contributed by atoms with Crippen molar-refractivity contribution in [2.75, 3.05) is 72.5 Å². The number of likely N-dealkylation sites (N-methyl/N-ethyl adjacent to an activating group) is 1. The molecule has 4 saturated heterocycles. The van der Waals surface area contributed by atoms with Crippen molar-refractivity contribution in [3.8, 4) is 5.75 Å². The number of nitrogens with zero attached hydrogens (tertiary/aromatic N) is 5. The predicted molar refractivity (Wildman–Crippen MR) is 258 cm³/mol. The average molecular weight is 1000 g/mol. The smallest absolute Gasteiger partial charge is 0.410 e. The number of aromatic carboxylic acids is 1. The Labute approximate surface area is 414 Å². The number of hydrogen-bond donors (Lipinski definition) is 2. The maximum atomic E-state index is 16.2. The summed E-state index contributed by atoms with van der Waals surface area (Å²) in [6.45, 7) is 15.7. The SMILES string of the molecule is CC[C@H]1OC(=O)[C@H](C)C(=O)[C@H](C)[C@@H](O[C@@H]2O[C@H](C)C[C@H](N(C)C)[C@H]2O)[C@](C)(OC)C[C@@H](C)C(=O)[C@H](C)[C@H]2N(CCN3CCN(c4c(F)cc5c(=O)c(C(=O)O)cn(C6CC6)c5c4OC)CC3)C(=O)O[C@]12C. The number of aliphatic hydroxyl groups is 1. The van der Waals surface area contributed by atoms with Crippen molar-refractivity contribution in [1.29, 1.82) is 0 Å². The summed E-state index contributed by atoms with van der Waals surface area (Å²) in [4.78, 5) is 90.4. The average Bonchev–Trinajstić information content (AvgIpc) is 4.14. The molecule has 2 aromatic rings. The van der Waals surface area contributed by atoms with E-state index >= 15 is 4.39 Å². The Kier molecular flexibility index (Phi) is 16.0. The van der Waals surface area contributed by atoms with Crippen LogP contribution in [0.2, 0.25) is 0 Å². The van der Waals surface area contributed by atoms with Crippen molar-refractivity contribution in [1.82, 2.24) is 19.3 Å². The van der Waals surface area contributed by atoms with E-state index in [-0.39, 0.29) is 60.2 Å². The first-order chi connectivity index (χ1) is 33.4. The number of esters is 1. The van der Waals surface area contributed by atoms with Gasteiger partial charge in [0.15, 0.2) is 29.2 Å². The number of carboxylic acid groups (broad SMARTS) is 1. The van der Waals surface area contributed by atoms with Gasteiger partial charge < -0.3 is 53.0 Å². The number of carbonyl (C=O) groups is 5. The van der Waals surface area contributed by atoms with E-state index in [0.29, 0.717) is 44.7 Å². The molecule has 7 rings (SSSR count). The molecule has 5 fully saturated rings. The van der Waals surface area contributed by atoms with Crippen LogP contribution >= 0.6 is 0 Å². The highest BCUT2D eigenvalue weighted by Crippen LogP contribution is 2.46. The number of rotatable bonds is 12. The Morgan fingerprint density at radius 1 is 0.958 bits per heavy atom. The number of Topliss-reactive ketones (excluding diaryl/α,β-unsaturated/α-hetero) is 2. The maximum Gasteiger partial charge on any atom is 0.410 e. The predicted octanol–water partition coefficient (Wildman–Crippen LogP) is 4.51. The molecule has 1 aliphatic carbocycles. The van der Waals surface area contributed by atoms with Crippen LogP contribution in [0.4, 0.5) is 14.9 Å². The number of ketones is 2. The van der Waals surface area contributed by atoms with Gasteiger partial charge in [-0.2, -0.15) is 0 Å². The molecule has 20 heteroatoms. The Bertz CT molecular complexity index is 2420. The third-order valence-corrected chi connectivity index (χ3v) is 16.1. The zero-order valence-electron chi connectivity index (χ0n) is 43.3. The lowest BCUT2D eigenvalue weighted by atomic mass is 9.73. The lowest BCUT2D eigenvalue weighted by molar-refractivity contribution is -0.295. The van der Waals surface area contributed by atoms with Crippen molar-refractivity contribution in [3.63, 3.8) is 0 Å². The number of aliphatic hydroxyl groups excluding tert-OH is 1. The van der Waals surface area contributed by atoms with Crippen LogP contribution in [0.1, 0.15) is 104 Å². The number of amides is 1. The van der Waals surface area contributed by atoms with Gasteiger partial charge >= 0.3 is 18.0 Å². The minimum Gasteiger partial charge on any atom is -0.492 e. The number of methoxy groups -OCH3 is 2. The van der Waals surface area contributed by atoms with Gasteiger partial charge in [-0.3, -0.25) is 29.0 Å². The van der Waals surface area contributed by atoms with E-state index in [4.69, 9.17) is 28.4 Å². The monoisotopic (exact) mass is 1000 g/mol. The number of fused-ring (bicyclic) bond motifs is 2. The first-order valence-electron chi connectivity index (χ1n) is 25.1. The second kappa shape index (κ2) is 21.0. The molecular formula is C51H74FN5O14. The Morgan fingerprint density at radius 3 is 2.20 bits per heavy atom. The van der Waals surface area contributed by atoms with E-state index in [1.54, 1.807) is 46.1 Å². The van der Waals surface area contributed by atoms with Gasteiger partial charge in [-0.15, -0.1) is 0 Å². The molecule has 5 aliphatic rings. The Hall–Kier alpha value is -4.73. The van der Waals surface area contributed by atoms with Crippen LogP contribution in [-0.2, 0) is 38.1 Å². The molecule has 1 aromatic heterocycles. The first kappa shape index (κ1) is 54.1. The molecule has 0 spiro atoms. The first-order valence-corrected chi connectivity index (χ1v) is 25.1. The molecule has 394 valence electrons. The lowest BCUT2D eigenvalue weighted by Crippen LogP contribution is -2.60. The van der Waals surface area contributed by atoms with E-state index in [2.05, 4.69) is 4.90 Å². The van der Waals surface area contributed by atoms with Gasteiger partial charge in [0, 0.05) is 82.4 Å². The number of hydrogen-bond acceptors (Lipinski definition) is 16. The topological polar surface area (TPSA) is 216 Å². The van der Waals surface area contributed by atoms with Crippen LogP contribution in [0.3, 0.4) is 0 Å². The highest BCUT2D eigenvalue weighted by Gasteiger charge is 2.60. The molecule has 1 saturated carbocycles. The van der Waals surface area contributed by atoms with Gasteiger partial charge in [0.05, 0.1) is 41.9 Å². The second-order valence-corrected chi connectivity index (χ2v) is 21.2. The van der Waals surface area contributed by atoms with Crippen LogP contribution in [0.15, 0.2) is 17.1 Å². The zero-order chi connectivity index (χ0) is 52.2. The van der Waals surface area contributed by atoms with Crippen LogP contribution in [0, 0.1) is 29.5 Å². The molecule has 0 unspecified atom stereocenters. The third-order valence-electron chi connectivity index (χ3n) is 16.1. The van der Waals surface area contributed by atoms with Crippen molar-refractivity contribution >= 4 is 46.2 Å². The van der Waals surface area contributed by atoms with Gasteiger partial charge in [0.2, 0.25) is 5.43 Å². The van der Waals surface area contributed by atoms with E-state index in [0.717, 1.165) is 18.9 Å². The number of cyclic esters (lactones) is 1.